The number of pyridine rings is 1. The van der Waals surface area contributed by atoms with Crippen LogP contribution in [0.4, 0.5) is 5.69 Å². The Morgan fingerprint density at radius 1 is 1.79 bits per heavy atom. The molecule has 0 saturated carbocycles. The molecule has 1 unspecified atom stereocenters. The molecule has 0 bridgehead atoms. The largest absolute Gasteiger partial charge is 0.397 e. The van der Waals surface area contributed by atoms with Crippen molar-refractivity contribution in [3.8, 4) is 0 Å². The van der Waals surface area contributed by atoms with Gasteiger partial charge in [-0.1, -0.05) is 0 Å². The van der Waals surface area contributed by atoms with Gasteiger partial charge in [-0.25, -0.2) is 4.98 Å². The quantitative estimate of drug-likeness (QED) is 0.622. The van der Waals surface area contributed by atoms with Crippen LogP contribution in [0.2, 0.25) is 0 Å². The van der Waals surface area contributed by atoms with Crippen LogP contribution in [0.25, 0.3) is 0 Å². The standard InChI is InChI=1S/C9H13N3O2/c1-6(13)5-12-9(14)8-7(10)3-2-4-11-8/h2-4,6,13H,5,10H2,1H3,(H,12,14). The minimum absolute atomic E-state index is 0.188. The molecule has 4 N–H and O–H groups in total. The van der Waals surface area contributed by atoms with Gasteiger partial charge in [0.1, 0.15) is 0 Å². The van der Waals surface area contributed by atoms with Gasteiger partial charge in [-0.2, -0.15) is 0 Å². The van der Waals surface area contributed by atoms with E-state index >= 15 is 0 Å². The van der Waals surface area contributed by atoms with Crippen LogP contribution in [-0.4, -0.2) is 28.6 Å². The van der Waals surface area contributed by atoms with Crippen LogP contribution in [0.5, 0.6) is 0 Å². The Morgan fingerprint density at radius 3 is 3.07 bits per heavy atom. The molecule has 76 valence electrons. The number of anilines is 1. The van der Waals surface area contributed by atoms with E-state index in [1.165, 1.54) is 6.20 Å². The van der Waals surface area contributed by atoms with E-state index in [0.29, 0.717) is 5.69 Å². The second-order valence-electron chi connectivity index (χ2n) is 3.00. The van der Waals surface area contributed by atoms with Gasteiger partial charge >= 0.3 is 0 Å². The predicted molar refractivity (Wildman–Crippen MR) is 52.7 cm³/mol. The number of aliphatic hydroxyl groups excluding tert-OH is 1. The number of nitrogens with zero attached hydrogens (tertiary/aromatic N) is 1. The van der Waals surface area contributed by atoms with E-state index in [1.54, 1.807) is 19.1 Å². The van der Waals surface area contributed by atoms with Crippen molar-refractivity contribution in [2.45, 2.75) is 13.0 Å². The molecule has 1 atom stereocenters. The molecule has 5 nitrogen and oxygen atoms in total. The van der Waals surface area contributed by atoms with E-state index in [9.17, 15) is 4.79 Å². The van der Waals surface area contributed by atoms with Crippen LogP contribution in [0.3, 0.4) is 0 Å². The minimum Gasteiger partial charge on any atom is -0.397 e. The molecule has 0 aromatic carbocycles. The zero-order valence-corrected chi connectivity index (χ0v) is 7.90. The fraction of sp³-hybridized carbons (Fsp3) is 0.333. The van der Waals surface area contributed by atoms with E-state index < -0.39 is 6.10 Å². The van der Waals surface area contributed by atoms with Gasteiger partial charge in [-0.15, -0.1) is 0 Å². The highest BCUT2D eigenvalue weighted by molar-refractivity contribution is 5.96. The van der Waals surface area contributed by atoms with Crippen LogP contribution in [0.1, 0.15) is 17.4 Å². The van der Waals surface area contributed by atoms with Crippen molar-refractivity contribution in [1.29, 1.82) is 0 Å². The molecular formula is C9H13N3O2. The Morgan fingerprint density at radius 2 is 2.50 bits per heavy atom. The van der Waals surface area contributed by atoms with Crippen molar-refractivity contribution in [1.82, 2.24) is 10.3 Å². The molecule has 0 saturated heterocycles. The first kappa shape index (κ1) is 10.5. The molecule has 1 rings (SSSR count). The summed E-state index contributed by atoms with van der Waals surface area (Å²) in [7, 11) is 0. The number of amides is 1. The maximum Gasteiger partial charge on any atom is 0.272 e. The summed E-state index contributed by atoms with van der Waals surface area (Å²) >= 11 is 0. The number of hydrogen-bond donors (Lipinski definition) is 3. The molecule has 14 heavy (non-hydrogen) atoms. The lowest BCUT2D eigenvalue weighted by Crippen LogP contribution is -2.31. The maximum absolute atomic E-state index is 11.4. The molecule has 0 radical (unpaired) electrons. The Labute approximate surface area is 82.0 Å². The predicted octanol–water partition coefficient (Wildman–Crippen LogP) is -0.226. The van der Waals surface area contributed by atoms with Crippen molar-refractivity contribution in [3.63, 3.8) is 0 Å². The van der Waals surface area contributed by atoms with Crippen LogP contribution in [0, 0.1) is 0 Å². The number of nitrogens with two attached hydrogens (primary N) is 1. The molecule has 0 aliphatic rings. The van der Waals surface area contributed by atoms with Crippen LogP contribution >= 0.6 is 0 Å². The molecular weight excluding hydrogens is 182 g/mol. The average molecular weight is 195 g/mol. The van der Waals surface area contributed by atoms with Crippen molar-refractivity contribution >= 4 is 11.6 Å². The lowest BCUT2D eigenvalue weighted by molar-refractivity contribution is 0.0920. The zero-order valence-electron chi connectivity index (χ0n) is 7.90. The third-order valence-corrected chi connectivity index (χ3v) is 1.61. The number of carbonyl (C=O) groups is 1. The lowest BCUT2D eigenvalue weighted by Gasteiger charge is -2.07. The Hall–Kier alpha value is -1.62. The van der Waals surface area contributed by atoms with E-state index in [-0.39, 0.29) is 18.1 Å². The summed E-state index contributed by atoms with van der Waals surface area (Å²) in [5.41, 5.74) is 6.06. The van der Waals surface area contributed by atoms with Gasteiger partial charge in [0, 0.05) is 12.7 Å². The van der Waals surface area contributed by atoms with E-state index in [2.05, 4.69) is 10.3 Å². The first-order valence-corrected chi connectivity index (χ1v) is 4.28. The van der Waals surface area contributed by atoms with Gasteiger partial charge in [0.25, 0.3) is 5.91 Å². The van der Waals surface area contributed by atoms with Gasteiger partial charge in [0.05, 0.1) is 11.8 Å². The van der Waals surface area contributed by atoms with Crippen molar-refractivity contribution in [2.75, 3.05) is 12.3 Å². The van der Waals surface area contributed by atoms with Crippen LogP contribution in [-0.2, 0) is 0 Å². The summed E-state index contributed by atoms with van der Waals surface area (Å²) in [4.78, 5) is 15.2. The van der Waals surface area contributed by atoms with E-state index in [4.69, 9.17) is 10.8 Å². The number of carbonyl (C=O) groups excluding carboxylic acids is 1. The Balaban J connectivity index is 2.65. The molecule has 1 aromatic heterocycles. The highest BCUT2D eigenvalue weighted by atomic mass is 16.3. The molecule has 5 heteroatoms. The molecule has 1 heterocycles. The van der Waals surface area contributed by atoms with Gasteiger partial charge in [0.15, 0.2) is 5.69 Å². The fourth-order valence-electron chi connectivity index (χ4n) is 0.932. The van der Waals surface area contributed by atoms with Crippen LogP contribution in [0.15, 0.2) is 18.3 Å². The van der Waals surface area contributed by atoms with Gasteiger partial charge in [-0.3, -0.25) is 4.79 Å². The Bertz CT molecular complexity index is 326. The van der Waals surface area contributed by atoms with Crippen LogP contribution < -0.4 is 11.1 Å². The Kier molecular flexibility index (Phi) is 3.41. The third kappa shape index (κ3) is 2.70. The number of hydrogen-bond acceptors (Lipinski definition) is 4. The number of aromatic nitrogens is 1. The maximum atomic E-state index is 11.4. The van der Waals surface area contributed by atoms with Gasteiger partial charge in [0.2, 0.25) is 0 Å². The van der Waals surface area contributed by atoms with Crippen molar-refractivity contribution in [2.24, 2.45) is 0 Å². The smallest absolute Gasteiger partial charge is 0.272 e. The highest BCUT2D eigenvalue weighted by Gasteiger charge is 2.10. The molecule has 1 amide bonds. The minimum atomic E-state index is -0.580. The molecule has 0 spiro atoms. The normalized spacial score (nSPS) is 12.1. The summed E-state index contributed by atoms with van der Waals surface area (Å²) in [5.74, 6) is -0.371. The first-order valence-electron chi connectivity index (χ1n) is 4.28. The van der Waals surface area contributed by atoms with E-state index in [0.717, 1.165) is 0 Å². The average Bonchev–Trinajstić information content (AvgIpc) is 2.15. The lowest BCUT2D eigenvalue weighted by atomic mass is 10.3. The number of rotatable bonds is 3. The molecule has 0 fully saturated rings. The van der Waals surface area contributed by atoms with Gasteiger partial charge < -0.3 is 16.2 Å². The van der Waals surface area contributed by atoms with Crippen molar-refractivity contribution in [3.05, 3.63) is 24.0 Å². The molecule has 0 aliphatic carbocycles. The topological polar surface area (TPSA) is 88.2 Å². The number of aliphatic hydroxyl groups is 1. The summed E-state index contributed by atoms with van der Waals surface area (Å²) < 4.78 is 0. The summed E-state index contributed by atoms with van der Waals surface area (Å²) in [6, 6.07) is 3.26. The second-order valence-corrected chi connectivity index (χ2v) is 3.00. The monoisotopic (exact) mass is 195 g/mol. The van der Waals surface area contributed by atoms with Crippen molar-refractivity contribution < 1.29 is 9.90 Å². The summed E-state index contributed by atoms with van der Waals surface area (Å²) in [5, 5.41) is 11.5. The summed E-state index contributed by atoms with van der Waals surface area (Å²) in [6.45, 7) is 1.77. The third-order valence-electron chi connectivity index (χ3n) is 1.61. The molecule has 0 aliphatic heterocycles. The SMILES string of the molecule is CC(O)CNC(=O)c1ncccc1N. The number of nitrogen functional groups attached to an aromatic ring is 1. The number of nitrogens with one attached hydrogen (secondary N) is 1. The first-order chi connectivity index (χ1) is 6.61. The van der Waals surface area contributed by atoms with E-state index in [1.807, 2.05) is 0 Å². The molecule has 1 aromatic rings. The van der Waals surface area contributed by atoms with Gasteiger partial charge in [-0.05, 0) is 19.1 Å². The highest BCUT2D eigenvalue weighted by Crippen LogP contribution is 2.05. The summed E-state index contributed by atoms with van der Waals surface area (Å²) in [6.07, 6.45) is 0.914. The second kappa shape index (κ2) is 4.57. The fourth-order valence-corrected chi connectivity index (χ4v) is 0.932. The zero-order chi connectivity index (χ0) is 10.6.